The quantitative estimate of drug-likeness (QED) is 0.605. The normalized spacial score (nSPS) is 19.1. The summed E-state index contributed by atoms with van der Waals surface area (Å²) in [4.78, 5) is 49.8. The van der Waals surface area contributed by atoms with Crippen molar-refractivity contribution in [3.8, 4) is 0 Å². The minimum Gasteiger partial charge on any atom is -0.444 e. The molecule has 12 heteroatoms. The van der Waals surface area contributed by atoms with E-state index in [1.54, 1.807) is 9.42 Å². The Kier molecular flexibility index (Phi) is 7.42. The molecule has 3 aliphatic rings. The number of piperazine rings is 2. The number of nitrogens with one attached hydrogen (secondary N) is 1. The summed E-state index contributed by atoms with van der Waals surface area (Å²) in [5.41, 5.74) is 0.182. The molecule has 12 nitrogen and oxygen atoms in total. The fraction of sp³-hybridized carbons (Fsp3) is 0.654. The number of aromatic nitrogens is 3. The zero-order chi connectivity index (χ0) is 26.9. The number of anilines is 2. The van der Waals surface area contributed by atoms with Gasteiger partial charge in [-0.05, 0) is 45.7 Å². The van der Waals surface area contributed by atoms with Gasteiger partial charge < -0.3 is 19.4 Å². The van der Waals surface area contributed by atoms with Crippen LogP contribution in [0.2, 0.25) is 0 Å². The van der Waals surface area contributed by atoms with Crippen LogP contribution in [0.15, 0.2) is 18.2 Å². The fourth-order valence-electron chi connectivity index (χ4n) is 4.82. The molecule has 2 saturated heterocycles. The smallest absolute Gasteiger partial charge is 0.410 e. The first-order valence-electron chi connectivity index (χ1n) is 13.6. The average molecular weight is 527 g/mol. The number of hydrogen-bond donors (Lipinski definition) is 1. The largest absolute Gasteiger partial charge is 0.444 e. The molecule has 206 valence electrons. The van der Waals surface area contributed by atoms with Gasteiger partial charge in [0.1, 0.15) is 11.4 Å². The van der Waals surface area contributed by atoms with Gasteiger partial charge in [0.2, 0.25) is 17.8 Å². The molecule has 3 amide bonds. The average Bonchev–Trinajstić information content (AvgIpc) is 3.66. The molecular weight excluding hydrogens is 488 g/mol. The number of carbonyl (C=O) groups excluding carboxylic acids is 3. The Morgan fingerprint density at radius 3 is 2.32 bits per heavy atom. The van der Waals surface area contributed by atoms with E-state index in [1.165, 1.54) is 0 Å². The van der Waals surface area contributed by atoms with E-state index in [4.69, 9.17) is 4.74 Å². The predicted molar refractivity (Wildman–Crippen MR) is 142 cm³/mol. The number of nitrogens with zero attached hydrogens (tertiary/aromatic N) is 7. The lowest BCUT2D eigenvalue weighted by Gasteiger charge is -2.37. The molecule has 0 atom stereocenters. The number of carbonyl (C=O) groups is 3. The maximum absolute atomic E-state index is 12.9. The van der Waals surface area contributed by atoms with E-state index >= 15 is 0 Å². The molecular formula is C26H38N8O4. The molecule has 2 aliphatic heterocycles. The monoisotopic (exact) mass is 526 g/mol. The molecule has 2 aromatic rings. The molecule has 2 aromatic heterocycles. The van der Waals surface area contributed by atoms with Crippen LogP contribution >= 0.6 is 0 Å². The summed E-state index contributed by atoms with van der Waals surface area (Å²) in [6.45, 7) is 11.7. The molecule has 1 saturated carbocycles. The van der Waals surface area contributed by atoms with Crippen molar-refractivity contribution in [2.45, 2.75) is 45.6 Å². The molecule has 0 aromatic carbocycles. The number of pyridine rings is 1. The fourth-order valence-corrected chi connectivity index (χ4v) is 4.82. The Morgan fingerprint density at radius 2 is 1.66 bits per heavy atom. The van der Waals surface area contributed by atoms with E-state index in [0.717, 1.165) is 31.7 Å². The summed E-state index contributed by atoms with van der Waals surface area (Å²) in [5.74, 6) is 1.46. The number of ether oxygens (including phenoxy) is 1. The SMILES string of the molecule is CC(C)(C)OC(=O)N1CCN(CCC(=O)N2CCN(c3cccc4nc(NC(=O)C5CC5)nn34)CC2)CC1. The van der Waals surface area contributed by atoms with Crippen molar-refractivity contribution in [1.82, 2.24) is 29.3 Å². The molecule has 1 aliphatic carbocycles. The van der Waals surface area contributed by atoms with Gasteiger partial charge in [-0.25, -0.2) is 4.79 Å². The van der Waals surface area contributed by atoms with Crippen molar-refractivity contribution >= 4 is 35.3 Å². The molecule has 38 heavy (non-hydrogen) atoms. The second-order valence-electron chi connectivity index (χ2n) is 11.3. The van der Waals surface area contributed by atoms with Crippen LogP contribution in [0.5, 0.6) is 0 Å². The first-order valence-corrected chi connectivity index (χ1v) is 13.6. The van der Waals surface area contributed by atoms with Crippen molar-refractivity contribution in [3.63, 3.8) is 0 Å². The van der Waals surface area contributed by atoms with Crippen molar-refractivity contribution in [3.05, 3.63) is 18.2 Å². The highest BCUT2D eigenvalue weighted by Gasteiger charge is 2.31. The molecule has 4 heterocycles. The van der Waals surface area contributed by atoms with Gasteiger partial charge in [0.15, 0.2) is 5.65 Å². The van der Waals surface area contributed by atoms with Gasteiger partial charge in [0, 0.05) is 71.2 Å². The summed E-state index contributed by atoms with van der Waals surface area (Å²) in [6.07, 6.45) is 2.05. The lowest BCUT2D eigenvalue weighted by Crippen LogP contribution is -2.52. The number of hydrogen-bond acceptors (Lipinski definition) is 8. The summed E-state index contributed by atoms with van der Waals surface area (Å²) in [6, 6.07) is 5.80. The summed E-state index contributed by atoms with van der Waals surface area (Å²) in [5, 5.41) is 7.34. The Bertz CT molecular complexity index is 1170. The number of amides is 3. The van der Waals surface area contributed by atoms with Crippen molar-refractivity contribution < 1.29 is 19.1 Å². The molecule has 0 radical (unpaired) electrons. The Labute approximate surface area is 222 Å². The lowest BCUT2D eigenvalue weighted by atomic mass is 10.2. The minimum atomic E-state index is -0.497. The zero-order valence-corrected chi connectivity index (χ0v) is 22.6. The van der Waals surface area contributed by atoms with Gasteiger partial charge in [-0.3, -0.25) is 19.8 Å². The van der Waals surface area contributed by atoms with Crippen molar-refractivity contribution in [2.24, 2.45) is 5.92 Å². The van der Waals surface area contributed by atoms with Crippen LogP contribution in [0.4, 0.5) is 16.6 Å². The lowest BCUT2D eigenvalue weighted by molar-refractivity contribution is -0.132. The Hall–Kier alpha value is -3.41. The highest BCUT2D eigenvalue weighted by Crippen LogP contribution is 2.30. The second-order valence-corrected chi connectivity index (χ2v) is 11.3. The van der Waals surface area contributed by atoms with Crippen molar-refractivity contribution in [2.75, 3.05) is 69.1 Å². The van der Waals surface area contributed by atoms with E-state index in [2.05, 4.69) is 25.2 Å². The summed E-state index contributed by atoms with van der Waals surface area (Å²) < 4.78 is 7.22. The molecule has 0 unspecified atom stereocenters. The van der Waals surface area contributed by atoms with Crippen LogP contribution in [0, 0.1) is 5.92 Å². The third-order valence-corrected chi connectivity index (χ3v) is 7.15. The van der Waals surface area contributed by atoms with E-state index in [-0.39, 0.29) is 23.8 Å². The maximum Gasteiger partial charge on any atom is 0.410 e. The van der Waals surface area contributed by atoms with Crippen LogP contribution in [-0.4, -0.2) is 112 Å². The summed E-state index contributed by atoms with van der Waals surface area (Å²) >= 11 is 0. The van der Waals surface area contributed by atoms with Gasteiger partial charge in [-0.1, -0.05) is 6.07 Å². The van der Waals surface area contributed by atoms with Crippen molar-refractivity contribution in [1.29, 1.82) is 0 Å². The molecule has 0 bridgehead atoms. The van der Waals surface area contributed by atoms with Gasteiger partial charge in [0.25, 0.3) is 0 Å². The minimum absolute atomic E-state index is 0.0143. The number of fused-ring (bicyclic) bond motifs is 1. The van der Waals surface area contributed by atoms with Gasteiger partial charge in [0.05, 0.1) is 0 Å². The van der Waals surface area contributed by atoms with Crippen LogP contribution in [0.3, 0.4) is 0 Å². The Balaban J connectivity index is 1.08. The third-order valence-electron chi connectivity index (χ3n) is 7.15. The van der Waals surface area contributed by atoms with Crippen LogP contribution in [0.25, 0.3) is 5.65 Å². The van der Waals surface area contributed by atoms with Crippen LogP contribution in [-0.2, 0) is 14.3 Å². The molecule has 5 rings (SSSR count). The zero-order valence-electron chi connectivity index (χ0n) is 22.6. The van der Waals surface area contributed by atoms with Gasteiger partial charge in [-0.2, -0.15) is 9.50 Å². The Morgan fingerprint density at radius 1 is 0.974 bits per heavy atom. The highest BCUT2D eigenvalue weighted by molar-refractivity contribution is 5.92. The van der Waals surface area contributed by atoms with E-state index in [0.29, 0.717) is 63.8 Å². The van der Waals surface area contributed by atoms with Gasteiger partial charge >= 0.3 is 6.09 Å². The topological polar surface area (TPSA) is 116 Å². The van der Waals surface area contributed by atoms with Gasteiger partial charge in [-0.15, -0.1) is 5.10 Å². The number of rotatable bonds is 6. The predicted octanol–water partition coefficient (Wildman–Crippen LogP) is 1.67. The van der Waals surface area contributed by atoms with Crippen LogP contribution < -0.4 is 10.2 Å². The van der Waals surface area contributed by atoms with Crippen LogP contribution in [0.1, 0.15) is 40.0 Å². The molecule has 1 N–H and O–H groups in total. The highest BCUT2D eigenvalue weighted by atomic mass is 16.6. The standard InChI is InChI=1S/C26H38N8O4/c1-26(2,3)38-25(37)33-13-11-30(12-14-33)10-9-22(35)32-17-15-31(16-18-32)21-6-4-5-20-27-24(29-34(20)21)28-23(36)19-7-8-19/h4-6,19H,7-18H2,1-3H3,(H,28,29,36). The third kappa shape index (κ3) is 6.35. The van der Waals surface area contributed by atoms with E-state index < -0.39 is 5.60 Å². The maximum atomic E-state index is 12.9. The summed E-state index contributed by atoms with van der Waals surface area (Å²) in [7, 11) is 0. The molecule has 3 fully saturated rings. The molecule has 0 spiro atoms. The second kappa shape index (κ2) is 10.8. The van der Waals surface area contributed by atoms with E-state index in [9.17, 15) is 14.4 Å². The van der Waals surface area contributed by atoms with E-state index in [1.807, 2.05) is 43.9 Å². The first-order chi connectivity index (χ1) is 18.2. The first kappa shape index (κ1) is 26.2.